The molecule has 0 bridgehead atoms. The number of hydrogen-bond acceptors (Lipinski definition) is 4. The number of methoxy groups -OCH3 is 2. The van der Waals surface area contributed by atoms with Gasteiger partial charge in [0.25, 0.3) is 0 Å². The molecule has 0 fully saturated rings. The number of nitrogens with one attached hydrogen (secondary N) is 2. The largest absolute Gasteiger partial charge is 0.497 e. The molecule has 5 nitrogen and oxygen atoms in total. The first-order valence-electron chi connectivity index (χ1n) is 7.89. The van der Waals surface area contributed by atoms with Gasteiger partial charge in [-0.05, 0) is 42.5 Å². The van der Waals surface area contributed by atoms with Crippen LogP contribution in [-0.2, 0) is 11.3 Å². The summed E-state index contributed by atoms with van der Waals surface area (Å²) < 4.78 is 10.6. The molecule has 0 aliphatic rings. The molecule has 1 amide bonds. The van der Waals surface area contributed by atoms with Crippen molar-refractivity contribution in [3.05, 3.63) is 48.0 Å². The van der Waals surface area contributed by atoms with Crippen LogP contribution in [0.4, 0.5) is 11.4 Å². The molecule has 0 aliphatic heterocycles. The fourth-order valence-corrected chi connectivity index (χ4v) is 2.18. The van der Waals surface area contributed by atoms with Crippen molar-refractivity contribution in [2.75, 3.05) is 24.9 Å². The van der Waals surface area contributed by atoms with E-state index in [1.807, 2.05) is 56.3 Å². The van der Waals surface area contributed by atoms with Gasteiger partial charge in [-0.15, -0.1) is 0 Å². The Morgan fingerprint density at radius 3 is 2.25 bits per heavy atom. The molecule has 2 rings (SSSR count). The normalized spacial score (nSPS) is 10.4. The first-order valence-corrected chi connectivity index (χ1v) is 7.89. The predicted octanol–water partition coefficient (Wildman–Crippen LogP) is 3.91. The van der Waals surface area contributed by atoms with Gasteiger partial charge in [0.1, 0.15) is 11.5 Å². The Bertz CT molecular complexity index is 682. The van der Waals surface area contributed by atoms with E-state index in [-0.39, 0.29) is 11.8 Å². The molecule has 0 heterocycles. The highest BCUT2D eigenvalue weighted by Crippen LogP contribution is 2.25. The number of carbonyl (C=O) groups is 1. The monoisotopic (exact) mass is 328 g/mol. The highest BCUT2D eigenvalue weighted by Gasteiger charge is 2.07. The molecule has 2 aromatic rings. The van der Waals surface area contributed by atoms with Gasteiger partial charge in [0.2, 0.25) is 5.91 Å². The summed E-state index contributed by atoms with van der Waals surface area (Å²) in [5.41, 5.74) is 2.76. The van der Waals surface area contributed by atoms with Crippen molar-refractivity contribution < 1.29 is 14.3 Å². The van der Waals surface area contributed by atoms with Crippen LogP contribution in [0, 0.1) is 5.92 Å². The number of anilines is 2. The number of ether oxygens (including phenoxy) is 2. The van der Waals surface area contributed by atoms with Gasteiger partial charge in [-0.25, -0.2) is 0 Å². The second-order valence-electron chi connectivity index (χ2n) is 5.75. The minimum absolute atomic E-state index is 0.0110. The Labute approximate surface area is 143 Å². The van der Waals surface area contributed by atoms with Gasteiger partial charge in [0, 0.05) is 29.4 Å². The Morgan fingerprint density at radius 2 is 1.67 bits per heavy atom. The van der Waals surface area contributed by atoms with Gasteiger partial charge in [-0.2, -0.15) is 0 Å². The molecule has 128 valence electrons. The van der Waals surface area contributed by atoms with Crippen LogP contribution >= 0.6 is 0 Å². The van der Waals surface area contributed by atoms with E-state index >= 15 is 0 Å². The van der Waals surface area contributed by atoms with Crippen LogP contribution in [-0.4, -0.2) is 20.1 Å². The van der Waals surface area contributed by atoms with Gasteiger partial charge < -0.3 is 20.1 Å². The van der Waals surface area contributed by atoms with Crippen molar-refractivity contribution in [1.29, 1.82) is 0 Å². The average molecular weight is 328 g/mol. The van der Waals surface area contributed by atoms with E-state index in [2.05, 4.69) is 10.6 Å². The van der Waals surface area contributed by atoms with E-state index in [1.165, 1.54) is 0 Å². The third-order valence-corrected chi connectivity index (χ3v) is 3.65. The first kappa shape index (κ1) is 17.7. The van der Waals surface area contributed by atoms with Crippen molar-refractivity contribution >= 4 is 17.3 Å². The molecule has 2 aromatic carbocycles. The Hall–Kier alpha value is -2.69. The molecule has 0 atom stereocenters. The quantitative estimate of drug-likeness (QED) is 0.809. The Kier molecular flexibility index (Phi) is 6.07. The summed E-state index contributed by atoms with van der Waals surface area (Å²) in [6, 6.07) is 13.3. The zero-order chi connectivity index (χ0) is 17.5. The van der Waals surface area contributed by atoms with Crippen molar-refractivity contribution in [1.82, 2.24) is 0 Å². The molecule has 0 spiro atoms. The lowest BCUT2D eigenvalue weighted by atomic mass is 10.1. The lowest BCUT2D eigenvalue weighted by molar-refractivity contribution is -0.118. The standard InChI is InChI=1S/C19H24N2O3/c1-13(2)19(22)21-16-7-5-15(6-8-16)20-12-14-11-17(23-3)9-10-18(14)24-4/h5-11,13,20H,12H2,1-4H3,(H,21,22). The molecule has 0 aliphatic carbocycles. The molecule has 0 unspecified atom stereocenters. The molecule has 0 radical (unpaired) electrons. The molecule has 0 saturated carbocycles. The summed E-state index contributed by atoms with van der Waals surface area (Å²) in [7, 11) is 3.29. The predicted molar refractivity (Wildman–Crippen MR) is 96.8 cm³/mol. The summed E-state index contributed by atoms with van der Waals surface area (Å²) in [6.07, 6.45) is 0. The van der Waals surface area contributed by atoms with Gasteiger partial charge in [0.15, 0.2) is 0 Å². The molecule has 0 saturated heterocycles. The van der Waals surface area contributed by atoms with Crippen LogP contribution in [0.15, 0.2) is 42.5 Å². The number of benzene rings is 2. The number of carbonyl (C=O) groups excluding carboxylic acids is 1. The second-order valence-corrected chi connectivity index (χ2v) is 5.75. The summed E-state index contributed by atoms with van der Waals surface area (Å²) in [4.78, 5) is 11.7. The lowest BCUT2D eigenvalue weighted by Crippen LogP contribution is -2.17. The van der Waals surface area contributed by atoms with Crippen molar-refractivity contribution in [3.63, 3.8) is 0 Å². The van der Waals surface area contributed by atoms with Crippen molar-refractivity contribution in [2.24, 2.45) is 5.92 Å². The number of amides is 1. The van der Waals surface area contributed by atoms with Gasteiger partial charge in [0.05, 0.1) is 14.2 Å². The minimum Gasteiger partial charge on any atom is -0.497 e. The lowest BCUT2D eigenvalue weighted by Gasteiger charge is -2.13. The summed E-state index contributed by atoms with van der Waals surface area (Å²) in [5.74, 6) is 1.57. The highest BCUT2D eigenvalue weighted by atomic mass is 16.5. The zero-order valence-corrected chi connectivity index (χ0v) is 14.6. The topological polar surface area (TPSA) is 59.6 Å². The van der Waals surface area contributed by atoms with Crippen LogP contribution < -0.4 is 20.1 Å². The third kappa shape index (κ3) is 4.65. The maximum Gasteiger partial charge on any atom is 0.226 e. The van der Waals surface area contributed by atoms with E-state index in [9.17, 15) is 4.79 Å². The third-order valence-electron chi connectivity index (χ3n) is 3.65. The molecule has 24 heavy (non-hydrogen) atoms. The maximum absolute atomic E-state index is 11.7. The average Bonchev–Trinajstić information content (AvgIpc) is 2.60. The summed E-state index contributed by atoms with van der Waals surface area (Å²) in [5, 5.41) is 6.21. The van der Waals surface area contributed by atoms with Gasteiger partial charge >= 0.3 is 0 Å². The summed E-state index contributed by atoms with van der Waals surface area (Å²) >= 11 is 0. The SMILES string of the molecule is COc1ccc(OC)c(CNc2ccc(NC(=O)C(C)C)cc2)c1. The van der Waals surface area contributed by atoms with Crippen LogP contribution in [0.3, 0.4) is 0 Å². The Morgan fingerprint density at radius 1 is 1.00 bits per heavy atom. The van der Waals surface area contributed by atoms with E-state index in [1.54, 1.807) is 14.2 Å². The van der Waals surface area contributed by atoms with E-state index in [4.69, 9.17) is 9.47 Å². The minimum atomic E-state index is -0.0386. The van der Waals surface area contributed by atoms with Crippen LogP contribution in [0.5, 0.6) is 11.5 Å². The van der Waals surface area contributed by atoms with Crippen molar-refractivity contribution in [3.8, 4) is 11.5 Å². The first-order chi connectivity index (χ1) is 11.5. The van der Waals surface area contributed by atoms with E-state index in [0.29, 0.717) is 6.54 Å². The number of hydrogen-bond donors (Lipinski definition) is 2. The smallest absolute Gasteiger partial charge is 0.226 e. The van der Waals surface area contributed by atoms with Crippen LogP contribution in [0.25, 0.3) is 0 Å². The molecule has 0 aromatic heterocycles. The van der Waals surface area contributed by atoms with E-state index in [0.717, 1.165) is 28.4 Å². The molecular weight excluding hydrogens is 304 g/mol. The van der Waals surface area contributed by atoms with E-state index < -0.39 is 0 Å². The molecule has 2 N–H and O–H groups in total. The zero-order valence-electron chi connectivity index (χ0n) is 14.6. The van der Waals surface area contributed by atoms with Gasteiger partial charge in [-0.1, -0.05) is 13.8 Å². The highest BCUT2D eigenvalue weighted by molar-refractivity contribution is 5.92. The molecule has 5 heteroatoms. The van der Waals surface area contributed by atoms with Crippen molar-refractivity contribution in [2.45, 2.75) is 20.4 Å². The van der Waals surface area contributed by atoms with Crippen LogP contribution in [0.1, 0.15) is 19.4 Å². The van der Waals surface area contributed by atoms with Crippen LogP contribution in [0.2, 0.25) is 0 Å². The fourth-order valence-electron chi connectivity index (χ4n) is 2.18. The molecular formula is C19H24N2O3. The summed E-state index contributed by atoms with van der Waals surface area (Å²) in [6.45, 7) is 4.34. The van der Waals surface area contributed by atoms with Gasteiger partial charge in [-0.3, -0.25) is 4.79 Å². The second kappa shape index (κ2) is 8.24. The maximum atomic E-state index is 11.7. The fraction of sp³-hybridized carbons (Fsp3) is 0.316. The Balaban J connectivity index is 2.01. The number of rotatable bonds is 7.